The van der Waals surface area contributed by atoms with Gasteiger partial charge in [-0.25, -0.2) is 0 Å². The Morgan fingerprint density at radius 2 is 2.17 bits per heavy atom. The van der Waals surface area contributed by atoms with Crippen molar-refractivity contribution in [2.45, 2.75) is 12.5 Å². The standard InChI is InChI=1S/C13H15NO4/c1-3-18-11-6-4-10(5-7-11)8-12(14-9-15)13(16)17-2/h1,4-7,12,14-15H,8-9H2,2H3/t12-/m0/s1. The maximum atomic E-state index is 11.4. The van der Waals surface area contributed by atoms with Gasteiger partial charge in [0.15, 0.2) is 0 Å². The van der Waals surface area contributed by atoms with E-state index in [0.717, 1.165) is 5.56 Å². The highest BCUT2D eigenvalue weighted by Crippen LogP contribution is 2.13. The number of nitrogens with one attached hydrogen (secondary N) is 1. The van der Waals surface area contributed by atoms with Crippen LogP contribution in [0.3, 0.4) is 0 Å². The Kier molecular flexibility index (Phi) is 5.71. The highest BCUT2D eigenvalue weighted by molar-refractivity contribution is 5.76. The van der Waals surface area contributed by atoms with Crippen molar-refractivity contribution in [3.8, 4) is 18.3 Å². The quantitative estimate of drug-likeness (QED) is 0.430. The second kappa shape index (κ2) is 7.33. The van der Waals surface area contributed by atoms with Crippen molar-refractivity contribution in [2.75, 3.05) is 13.8 Å². The average molecular weight is 249 g/mol. The zero-order chi connectivity index (χ0) is 13.4. The summed E-state index contributed by atoms with van der Waals surface area (Å²) in [7, 11) is 1.30. The van der Waals surface area contributed by atoms with Gasteiger partial charge in [-0.2, -0.15) is 0 Å². The van der Waals surface area contributed by atoms with E-state index in [1.165, 1.54) is 7.11 Å². The van der Waals surface area contributed by atoms with Gasteiger partial charge in [-0.15, -0.1) is 0 Å². The number of aliphatic hydroxyl groups is 1. The summed E-state index contributed by atoms with van der Waals surface area (Å²) < 4.78 is 9.50. The maximum absolute atomic E-state index is 11.4. The van der Waals surface area contributed by atoms with Gasteiger partial charge in [-0.05, 0) is 24.1 Å². The number of carbonyl (C=O) groups is 1. The number of methoxy groups -OCH3 is 1. The molecule has 0 saturated heterocycles. The Morgan fingerprint density at radius 3 is 2.67 bits per heavy atom. The highest BCUT2D eigenvalue weighted by atomic mass is 16.5. The van der Waals surface area contributed by atoms with Crippen LogP contribution in [-0.2, 0) is 16.0 Å². The zero-order valence-electron chi connectivity index (χ0n) is 10.1. The predicted molar refractivity (Wildman–Crippen MR) is 65.6 cm³/mol. The number of esters is 1. The molecule has 2 N–H and O–H groups in total. The molecule has 0 aliphatic heterocycles. The van der Waals surface area contributed by atoms with Gasteiger partial charge in [0.25, 0.3) is 0 Å². The fraction of sp³-hybridized carbons (Fsp3) is 0.308. The molecule has 0 heterocycles. The van der Waals surface area contributed by atoms with Crippen molar-refractivity contribution in [3.05, 3.63) is 29.8 Å². The lowest BCUT2D eigenvalue weighted by atomic mass is 10.1. The van der Waals surface area contributed by atoms with Crippen LogP contribution in [0.1, 0.15) is 5.56 Å². The number of aliphatic hydroxyl groups excluding tert-OH is 1. The maximum Gasteiger partial charge on any atom is 0.323 e. The van der Waals surface area contributed by atoms with Gasteiger partial charge < -0.3 is 14.6 Å². The molecule has 1 aromatic rings. The molecule has 0 saturated carbocycles. The average Bonchev–Trinajstić information content (AvgIpc) is 2.40. The number of carbonyl (C=O) groups excluding carboxylic acids is 1. The summed E-state index contributed by atoms with van der Waals surface area (Å²) in [4.78, 5) is 11.4. The van der Waals surface area contributed by atoms with Crippen molar-refractivity contribution in [1.29, 1.82) is 0 Å². The zero-order valence-corrected chi connectivity index (χ0v) is 10.1. The van der Waals surface area contributed by atoms with E-state index in [2.05, 4.69) is 16.2 Å². The summed E-state index contributed by atoms with van der Waals surface area (Å²) in [6.45, 7) is -0.294. The second-order valence-electron chi connectivity index (χ2n) is 3.51. The molecule has 1 rings (SSSR count). The third kappa shape index (κ3) is 4.09. The highest BCUT2D eigenvalue weighted by Gasteiger charge is 2.18. The Labute approximate surface area is 106 Å². The first-order valence-electron chi connectivity index (χ1n) is 5.34. The van der Waals surface area contributed by atoms with Gasteiger partial charge >= 0.3 is 5.97 Å². The topological polar surface area (TPSA) is 67.8 Å². The van der Waals surface area contributed by atoms with Gasteiger partial charge in [0.2, 0.25) is 0 Å². The second-order valence-corrected chi connectivity index (χ2v) is 3.51. The first-order chi connectivity index (χ1) is 8.71. The molecule has 0 aromatic heterocycles. The molecule has 0 fully saturated rings. The molecule has 0 aliphatic carbocycles. The smallest absolute Gasteiger partial charge is 0.323 e. The van der Waals surface area contributed by atoms with Crippen LogP contribution in [0.4, 0.5) is 0 Å². The Balaban J connectivity index is 2.69. The molecule has 0 spiro atoms. The van der Waals surface area contributed by atoms with Crippen LogP contribution < -0.4 is 10.1 Å². The minimum Gasteiger partial charge on any atom is -0.468 e. The summed E-state index contributed by atoms with van der Waals surface area (Å²) >= 11 is 0. The van der Waals surface area contributed by atoms with Crippen molar-refractivity contribution >= 4 is 5.97 Å². The van der Waals surface area contributed by atoms with Crippen LogP contribution in [0.25, 0.3) is 0 Å². The van der Waals surface area contributed by atoms with Crippen LogP contribution in [0.15, 0.2) is 24.3 Å². The van der Waals surface area contributed by atoms with Gasteiger partial charge in [-0.1, -0.05) is 18.6 Å². The van der Waals surface area contributed by atoms with E-state index in [4.69, 9.17) is 16.3 Å². The summed E-state index contributed by atoms with van der Waals surface area (Å²) in [5.41, 5.74) is 0.899. The first kappa shape index (κ1) is 14.0. The normalized spacial score (nSPS) is 11.4. The first-order valence-corrected chi connectivity index (χ1v) is 5.34. The van der Waals surface area contributed by atoms with Gasteiger partial charge in [0.1, 0.15) is 17.9 Å². The van der Waals surface area contributed by atoms with E-state index in [-0.39, 0.29) is 6.73 Å². The molecule has 1 atom stereocenters. The molecule has 0 amide bonds. The molecule has 5 nitrogen and oxygen atoms in total. The number of benzene rings is 1. The van der Waals surface area contributed by atoms with Crippen LogP contribution in [-0.4, -0.2) is 31.0 Å². The third-order valence-corrected chi connectivity index (χ3v) is 2.36. The van der Waals surface area contributed by atoms with Crippen molar-refractivity contribution in [2.24, 2.45) is 0 Å². The summed E-state index contributed by atoms with van der Waals surface area (Å²) in [6.07, 6.45) is 7.48. The molecule has 5 heteroatoms. The fourth-order valence-electron chi connectivity index (χ4n) is 1.49. The van der Waals surface area contributed by atoms with E-state index < -0.39 is 12.0 Å². The van der Waals surface area contributed by atoms with Crippen molar-refractivity contribution in [3.63, 3.8) is 0 Å². The minimum absolute atomic E-state index is 0.294. The van der Waals surface area contributed by atoms with Gasteiger partial charge in [0, 0.05) is 0 Å². The monoisotopic (exact) mass is 249 g/mol. The van der Waals surface area contributed by atoms with Crippen LogP contribution >= 0.6 is 0 Å². The molecule has 0 unspecified atom stereocenters. The lowest BCUT2D eigenvalue weighted by Gasteiger charge is -2.14. The lowest BCUT2D eigenvalue weighted by molar-refractivity contribution is -0.143. The molecular weight excluding hydrogens is 234 g/mol. The Bertz CT molecular complexity index is 422. The molecule has 0 bridgehead atoms. The van der Waals surface area contributed by atoms with E-state index >= 15 is 0 Å². The van der Waals surface area contributed by atoms with Crippen LogP contribution in [0.5, 0.6) is 5.75 Å². The molecule has 0 aliphatic rings. The predicted octanol–water partition coefficient (Wildman–Crippen LogP) is 0.280. The van der Waals surface area contributed by atoms with E-state index in [9.17, 15) is 4.79 Å². The third-order valence-electron chi connectivity index (χ3n) is 2.36. The number of rotatable bonds is 6. The van der Waals surface area contributed by atoms with Crippen LogP contribution in [0.2, 0.25) is 0 Å². The van der Waals surface area contributed by atoms with Crippen molar-refractivity contribution < 1.29 is 19.4 Å². The number of terminal acetylenes is 1. The van der Waals surface area contributed by atoms with Gasteiger partial charge in [-0.3, -0.25) is 10.1 Å². The van der Waals surface area contributed by atoms with E-state index in [1.807, 2.05) is 0 Å². The van der Waals surface area contributed by atoms with Crippen molar-refractivity contribution in [1.82, 2.24) is 5.32 Å². The minimum atomic E-state index is -0.584. The fourth-order valence-corrected chi connectivity index (χ4v) is 1.49. The Hall–Kier alpha value is -2.03. The van der Waals surface area contributed by atoms with Crippen LogP contribution in [0, 0.1) is 12.5 Å². The molecule has 1 aromatic carbocycles. The lowest BCUT2D eigenvalue weighted by Crippen LogP contribution is -2.39. The summed E-state index contributed by atoms with van der Waals surface area (Å²) in [5.74, 6) is 0.138. The molecule has 18 heavy (non-hydrogen) atoms. The summed E-state index contributed by atoms with van der Waals surface area (Å²) in [6, 6.07) is 6.42. The van der Waals surface area contributed by atoms with Gasteiger partial charge in [0.05, 0.1) is 13.8 Å². The van der Waals surface area contributed by atoms with E-state index in [0.29, 0.717) is 12.2 Å². The Morgan fingerprint density at radius 1 is 1.50 bits per heavy atom. The molecule has 96 valence electrons. The number of hydrogen-bond donors (Lipinski definition) is 2. The number of ether oxygens (including phenoxy) is 2. The summed E-state index contributed by atoms with van der Waals surface area (Å²) in [5, 5.41) is 11.5. The molecule has 0 radical (unpaired) electrons. The number of hydrogen-bond acceptors (Lipinski definition) is 5. The SMILES string of the molecule is C#COc1ccc(C[C@H](NCO)C(=O)OC)cc1. The largest absolute Gasteiger partial charge is 0.468 e. The van der Waals surface area contributed by atoms with E-state index in [1.54, 1.807) is 24.3 Å². The molecular formula is C13H15NO4.